The molecule has 1 aromatic carbocycles. The number of nitrogens with two attached hydrogens (primary N) is 1. The predicted molar refractivity (Wildman–Crippen MR) is 88.0 cm³/mol. The van der Waals surface area contributed by atoms with E-state index in [-0.39, 0.29) is 5.84 Å². The van der Waals surface area contributed by atoms with Gasteiger partial charge in [-0.2, -0.15) is 10.5 Å². The molecule has 2 aliphatic rings. The highest BCUT2D eigenvalue weighted by atomic mass is 16.7. The minimum atomic E-state index is -1.50. The number of rotatable bonds is 5. The zero-order chi connectivity index (χ0) is 18.5. The van der Waals surface area contributed by atoms with E-state index < -0.39 is 22.2 Å². The highest BCUT2D eigenvalue weighted by Gasteiger charge is 3.03. The van der Waals surface area contributed by atoms with E-state index in [4.69, 9.17) is 19.9 Å². The number of nitrogens with one attached hydrogen (secondary N) is 1. The van der Waals surface area contributed by atoms with Crippen LogP contribution in [0.1, 0.15) is 18.9 Å². The molecule has 0 spiro atoms. The molecule has 0 aromatic heterocycles. The van der Waals surface area contributed by atoms with Crippen molar-refractivity contribution < 1.29 is 19.2 Å². The standard InChI is InChI=1S/C18H20N4O3/c1-5-15(12-6-8-13(23-2)9-7-12)16(10-19)14(21)22-18(24-3,25-4)17(15,16)11-20/h6-9H,5H2,1-4H3,(H2,21,22)/p+1/t15-,16-,17+/m0/s1. The van der Waals surface area contributed by atoms with Crippen molar-refractivity contribution in [3.8, 4) is 17.9 Å². The Balaban J connectivity index is 2.33. The fourth-order valence-corrected chi connectivity index (χ4v) is 4.98. The number of methoxy groups -OCH3 is 3. The Labute approximate surface area is 146 Å². The molecule has 7 heteroatoms. The Morgan fingerprint density at radius 2 is 1.68 bits per heavy atom. The van der Waals surface area contributed by atoms with E-state index in [2.05, 4.69) is 17.1 Å². The van der Waals surface area contributed by atoms with Gasteiger partial charge in [0.2, 0.25) is 0 Å². The maximum atomic E-state index is 10.2. The van der Waals surface area contributed by atoms with E-state index in [9.17, 15) is 10.5 Å². The monoisotopic (exact) mass is 341 g/mol. The molecule has 1 aliphatic carbocycles. The Morgan fingerprint density at radius 3 is 2.08 bits per heavy atom. The summed E-state index contributed by atoms with van der Waals surface area (Å²) in [6.45, 7) is 1.93. The third-order valence-electron chi connectivity index (χ3n) is 6.00. The van der Waals surface area contributed by atoms with Crippen molar-refractivity contribution in [2.24, 2.45) is 16.6 Å². The minimum absolute atomic E-state index is 0.193. The number of nitriles is 2. The third-order valence-corrected chi connectivity index (χ3v) is 6.00. The van der Waals surface area contributed by atoms with E-state index in [0.29, 0.717) is 12.2 Å². The molecular weight excluding hydrogens is 320 g/mol. The van der Waals surface area contributed by atoms with Crippen molar-refractivity contribution in [3.05, 3.63) is 29.8 Å². The van der Waals surface area contributed by atoms with Gasteiger partial charge in [-0.3, -0.25) is 5.73 Å². The van der Waals surface area contributed by atoms with Crippen LogP contribution in [0.15, 0.2) is 24.3 Å². The van der Waals surface area contributed by atoms with Crippen LogP contribution in [-0.4, -0.2) is 33.1 Å². The Morgan fingerprint density at radius 1 is 1.08 bits per heavy atom. The van der Waals surface area contributed by atoms with Gasteiger partial charge in [0.15, 0.2) is 10.8 Å². The second-order valence-electron chi connectivity index (χ2n) is 6.27. The summed E-state index contributed by atoms with van der Waals surface area (Å²) in [5, 5.41) is 20.3. The quantitative estimate of drug-likeness (QED) is 0.715. The Kier molecular flexibility index (Phi) is 3.58. The first kappa shape index (κ1) is 17.2. The van der Waals surface area contributed by atoms with Gasteiger partial charge in [0, 0.05) is 14.2 Å². The normalized spacial score (nSPS) is 34.4. The van der Waals surface area contributed by atoms with E-state index in [1.807, 2.05) is 31.2 Å². The lowest BCUT2D eigenvalue weighted by atomic mass is 9.80. The molecule has 0 saturated heterocycles. The smallest absolute Gasteiger partial charge is 0.343 e. The van der Waals surface area contributed by atoms with Crippen molar-refractivity contribution in [2.45, 2.75) is 24.7 Å². The zero-order valence-corrected chi connectivity index (χ0v) is 14.7. The van der Waals surface area contributed by atoms with Gasteiger partial charge in [0.05, 0.1) is 24.7 Å². The zero-order valence-electron chi connectivity index (χ0n) is 14.7. The SMILES string of the molecule is CC[C@]1(c2ccc(OC)cc2)[C@]2(C#N)C(N)=[NH+]C(OC)(OC)[C@@]21C#N. The Hall–Kier alpha value is -2.61. The average Bonchev–Trinajstić information content (AvgIpc) is 3.16. The summed E-state index contributed by atoms with van der Waals surface area (Å²) in [6.07, 6.45) is 0.511. The maximum absolute atomic E-state index is 10.2. The van der Waals surface area contributed by atoms with Gasteiger partial charge in [-0.25, -0.2) is 4.99 Å². The highest BCUT2D eigenvalue weighted by molar-refractivity contribution is 5.97. The van der Waals surface area contributed by atoms with Crippen LogP contribution >= 0.6 is 0 Å². The van der Waals surface area contributed by atoms with Gasteiger partial charge < -0.3 is 14.2 Å². The predicted octanol–water partition coefficient (Wildman–Crippen LogP) is -0.225. The molecule has 1 heterocycles. The van der Waals surface area contributed by atoms with Crippen molar-refractivity contribution in [1.29, 1.82) is 10.5 Å². The number of benzene rings is 1. The van der Waals surface area contributed by atoms with Crippen LogP contribution in [0.25, 0.3) is 0 Å². The van der Waals surface area contributed by atoms with Crippen LogP contribution in [0.4, 0.5) is 0 Å². The van der Waals surface area contributed by atoms with Crippen molar-refractivity contribution in [3.63, 3.8) is 0 Å². The summed E-state index contributed by atoms with van der Waals surface area (Å²) in [5.74, 6) is -0.618. The number of hydrogen-bond acceptors (Lipinski definition) is 6. The second-order valence-corrected chi connectivity index (χ2v) is 6.27. The minimum Gasteiger partial charge on any atom is -0.497 e. The van der Waals surface area contributed by atoms with Crippen LogP contribution in [0, 0.1) is 33.5 Å². The van der Waals surface area contributed by atoms with Crippen molar-refractivity contribution >= 4 is 5.84 Å². The molecule has 1 aromatic rings. The number of hydrogen-bond donors (Lipinski definition) is 2. The van der Waals surface area contributed by atoms with Gasteiger partial charge in [-0.05, 0) is 24.1 Å². The van der Waals surface area contributed by atoms with Gasteiger partial charge in [0.25, 0.3) is 5.84 Å². The molecule has 1 fully saturated rings. The third kappa shape index (κ3) is 1.41. The van der Waals surface area contributed by atoms with E-state index in [1.54, 1.807) is 7.11 Å². The van der Waals surface area contributed by atoms with E-state index in [1.165, 1.54) is 14.2 Å². The van der Waals surface area contributed by atoms with E-state index >= 15 is 0 Å². The molecule has 0 radical (unpaired) electrons. The summed E-state index contributed by atoms with van der Waals surface area (Å²) in [5.41, 5.74) is 3.62. The lowest BCUT2D eigenvalue weighted by molar-refractivity contribution is -0.689. The number of nitrogens with zero attached hydrogens (tertiary/aromatic N) is 2. The van der Waals surface area contributed by atoms with Gasteiger partial charge in [-0.15, -0.1) is 0 Å². The van der Waals surface area contributed by atoms with Gasteiger partial charge in [0.1, 0.15) is 5.75 Å². The molecule has 25 heavy (non-hydrogen) atoms. The topological polar surface area (TPSA) is 115 Å². The molecule has 3 N–H and O–H groups in total. The van der Waals surface area contributed by atoms with Crippen molar-refractivity contribution in [2.75, 3.05) is 21.3 Å². The summed E-state index contributed by atoms with van der Waals surface area (Å²) in [6, 6.07) is 12.0. The van der Waals surface area contributed by atoms with Crippen LogP contribution in [0.2, 0.25) is 0 Å². The molecule has 0 unspecified atom stereocenters. The molecule has 0 bridgehead atoms. The van der Waals surface area contributed by atoms with Crippen LogP contribution < -0.4 is 15.5 Å². The first-order valence-corrected chi connectivity index (χ1v) is 7.96. The maximum Gasteiger partial charge on any atom is 0.343 e. The lowest BCUT2D eigenvalue weighted by Gasteiger charge is -2.31. The molecule has 3 atom stereocenters. The Bertz CT molecular complexity index is 818. The molecule has 3 rings (SSSR count). The average molecular weight is 341 g/mol. The molecule has 0 amide bonds. The molecule has 1 aliphatic heterocycles. The summed E-state index contributed by atoms with van der Waals surface area (Å²) < 4.78 is 16.4. The summed E-state index contributed by atoms with van der Waals surface area (Å²) in [4.78, 5) is 2.91. The molecule has 1 saturated carbocycles. The van der Waals surface area contributed by atoms with Gasteiger partial charge >= 0.3 is 5.91 Å². The van der Waals surface area contributed by atoms with Crippen LogP contribution in [-0.2, 0) is 14.9 Å². The fourth-order valence-electron chi connectivity index (χ4n) is 4.98. The summed E-state index contributed by atoms with van der Waals surface area (Å²) in [7, 11) is 4.45. The first-order chi connectivity index (χ1) is 12.0. The fraction of sp³-hybridized carbons (Fsp3) is 0.500. The van der Waals surface area contributed by atoms with E-state index in [0.717, 1.165) is 5.56 Å². The van der Waals surface area contributed by atoms with Crippen LogP contribution in [0.3, 0.4) is 0 Å². The lowest BCUT2D eigenvalue weighted by Crippen LogP contribution is -2.91. The van der Waals surface area contributed by atoms with Crippen LogP contribution in [0.5, 0.6) is 5.75 Å². The van der Waals surface area contributed by atoms with Gasteiger partial charge in [-0.1, -0.05) is 19.1 Å². The molecule has 7 nitrogen and oxygen atoms in total. The number of amidine groups is 1. The summed E-state index contributed by atoms with van der Waals surface area (Å²) >= 11 is 0. The second kappa shape index (κ2) is 5.19. The molecule has 130 valence electrons. The first-order valence-electron chi connectivity index (χ1n) is 7.96. The molecular formula is C18H21N4O3+. The van der Waals surface area contributed by atoms with Crippen molar-refractivity contribution in [1.82, 2.24) is 0 Å². The highest BCUT2D eigenvalue weighted by Crippen LogP contribution is 2.83. The number of ether oxygens (including phenoxy) is 3. The number of fused-ring (bicyclic) bond motifs is 1. The largest absolute Gasteiger partial charge is 0.497 e.